The Labute approximate surface area is 148 Å². The Morgan fingerprint density at radius 1 is 1.25 bits per heavy atom. The first kappa shape index (κ1) is 17.0. The van der Waals surface area contributed by atoms with Crippen LogP contribution in [0.2, 0.25) is 0 Å². The molecule has 0 bridgehead atoms. The van der Waals surface area contributed by atoms with E-state index in [4.69, 9.17) is 17.0 Å². The van der Waals surface area contributed by atoms with Crippen molar-refractivity contribution in [1.82, 2.24) is 10.6 Å². The van der Waals surface area contributed by atoms with Gasteiger partial charge < -0.3 is 15.4 Å². The fraction of sp³-hybridized carbons (Fsp3) is 0.556. The lowest BCUT2D eigenvalue weighted by atomic mass is 9.96. The summed E-state index contributed by atoms with van der Waals surface area (Å²) in [5.41, 5.74) is 2.01. The summed E-state index contributed by atoms with van der Waals surface area (Å²) in [6, 6.07) is 8.60. The molecule has 5 nitrogen and oxygen atoms in total. The van der Waals surface area contributed by atoms with Gasteiger partial charge in [0.05, 0.1) is 12.6 Å². The quantitative estimate of drug-likeness (QED) is 0.817. The van der Waals surface area contributed by atoms with Gasteiger partial charge in [-0.3, -0.25) is 4.90 Å². The van der Waals surface area contributed by atoms with E-state index >= 15 is 0 Å². The van der Waals surface area contributed by atoms with Gasteiger partial charge >= 0.3 is 6.09 Å². The lowest BCUT2D eigenvalue weighted by Crippen LogP contribution is -2.43. The molecule has 0 radical (unpaired) electrons. The van der Waals surface area contributed by atoms with Crippen molar-refractivity contribution in [1.29, 1.82) is 0 Å². The molecule has 6 heteroatoms. The molecule has 1 atom stereocenters. The highest BCUT2D eigenvalue weighted by atomic mass is 32.1. The minimum Gasteiger partial charge on any atom is -0.447 e. The molecule has 1 saturated carbocycles. The van der Waals surface area contributed by atoms with Gasteiger partial charge in [0.1, 0.15) is 6.61 Å². The number of amides is 1. The lowest BCUT2D eigenvalue weighted by molar-refractivity contribution is 0.181. The maximum absolute atomic E-state index is 11.6. The largest absolute Gasteiger partial charge is 0.447 e. The smallest absolute Gasteiger partial charge is 0.414 e. The van der Waals surface area contributed by atoms with E-state index in [9.17, 15) is 4.79 Å². The summed E-state index contributed by atoms with van der Waals surface area (Å²) in [6.45, 7) is 3.16. The number of hydrogen-bond acceptors (Lipinski definition) is 3. The van der Waals surface area contributed by atoms with Gasteiger partial charge in [0, 0.05) is 11.7 Å². The zero-order valence-corrected chi connectivity index (χ0v) is 14.9. The Balaban J connectivity index is 1.53. The van der Waals surface area contributed by atoms with Crippen molar-refractivity contribution in [2.24, 2.45) is 0 Å². The van der Waals surface area contributed by atoms with Crippen molar-refractivity contribution in [3.05, 3.63) is 29.8 Å². The van der Waals surface area contributed by atoms with Crippen molar-refractivity contribution < 1.29 is 9.53 Å². The number of rotatable bonds is 4. The molecule has 1 unspecified atom stereocenters. The summed E-state index contributed by atoms with van der Waals surface area (Å²) in [5, 5.41) is 7.51. The lowest BCUT2D eigenvalue weighted by Gasteiger charge is -2.26. The summed E-state index contributed by atoms with van der Waals surface area (Å²) in [7, 11) is 0. The highest BCUT2D eigenvalue weighted by Gasteiger charge is 2.23. The number of anilines is 1. The van der Waals surface area contributed by atoms with Gasteiger partial charge in [-0.1, -0.05) is 31.4 Å². The topological polar surface area (TPSA) is 53.6 Å². The number of benzene rings is 1. The van der Waals surface area contributed by atoms with E-state index in [0.29, 0.717) is 19.2 Å². The minimum atomic E-state index is -0.271. The number of nitrogens with one attached hydrogen (secondary N) is 2. The molecule has 1 aromatic rings. The third-order valence-corrected chi connectivity index (χ3v) is 4.99. The molecule has 3 rings (SSSR count). The molecule has 2 fully saturated rings. The molecule has 1 saturated heterocycles. The molecule has 1 aliphatic carbocycles. The van der Waals surface area contributed by atoms with E-state index in [2.05, 4.69) is 17.6 Å². The Morgan fingerprint density at radius 2 is 1.96 bits per heavy atom. The summed E-state index contributed by atoms with van der Waals surface area (Å²) in [4.78, 5) is 13.2. The highest BCUT2D eigenvalue weighted by molar-refractivity contribution is 7.80. The predicted molar refractivity (Wildman–Crippen MR) is 99.3 cm³/mol. The number of nitrogens with zero attached hydrogens (tertiary/aromatic N) is 1. The average molecular weight is 347 g/mol. The Bertz CT molecular complexity index is 584. The van der Waals surface area contributed by atoms with Crippen LogP contribution >= 0.6 is 12.2 Å². The Hall–Kier alpha value is -1.82. The predicted octanol–water partition coefficient (Wildman–Crippen LogP) is 3.50. The number of hydrogen-bond donors (Lipinski definition) is 2. The second-order valence-corrected chi connectivity index (χ2v) is 6.94. The van der Waals surface area contributed by atoms with Crippen LogP contribution in [0.3, 0.4) is 0 Å². The van der Waals surface area contributed by atoms with Gasteiger partial charge in [0.25, 0.3) is 0 Å². The minimum absolute atomic E-state index is 0.119. The first-order valence-electron chi connectivity index (χ1n) is 8.75. The third kappa shape index (κ3) is 4.17. The molecule has 1 aromatic carbocycles. The van der Waals surface area contributed by atoms with E-state index in [0.717, 1.165) is 16.4 Å². The van der Waals surface area contributed by atoms with E-state index in [-0.39, 0.29) is 12.1 Å². The van der Waals surface area contributed by atoms with Crippen LogP contribution in [0.25, 0.3) is 0 Å². The van der Waals surface area contributed by atoms with E-state index < -0.39 is 0 Å². The first-order valence-corrected chi connectivity index (χ1v) is 9.15. The molecule has 0 spiro atoms. The van der Waals surface area contributed by atoms with Crippen LogP contribution in [-0.4, -0.2) is 30.4 Å². The Morgan fingerprint density at radius 3 is 2.58 bits per heavy atom. The fourth-order valence-electron chi connectivity index (χ4n) is 3.32. The summed E-state index contributed by atoms with van der Waals surface area (Å²) < 4.78 is 4.97. The first-order chi connectivity index (χ1) is 11.6. The normalized spacial score (nSPS) is 19.7. The number of thiocarbonyl (C=S) groups is 1. The van der Waals surface area contributed by atoms with Crippen LogP contribution in [0.5, 0.6) is 0 Å². The van der Waals surface area contributed by atoms with E-state index in [1.807, 2.05) is 24.3 Å². The van der Waals surface area contributed by atoms with Crippen molar-refractivity contribution in [2.45, 2.75) is 51.1 Å². The number of cyclic esters (lactones) is 1. The van der Waals surface area contributed by atoms with Gasteiger partial charge in [-0.15, -0.1) is 0 Å². The fourth-order valence-corrected chi connectivity index (χ4v) is 3.67. The maximum Gasteiger partial charge on any atom is 0.414 e. The molecule has 130 valence electrons. The van der Waals surface area contributed by atoms with Crippen molar-refractivity contribution in [3.8, 4) is 0 Å². The molecular formula is C18H25N3O2S. The van der Waals surface area contributed by atoms with Crippen molar-refractivity contribution in [3.63, 3.8) is 0 Å². The van der Waals surface area contributed by atoms with Gasteiger partial charge in [0.2, 0.25) is 0 Å². The van der Waals surface area contributed by atoms with E-state index in [1.54, 1.807) is 4.90 Å². The number of carbonyl (C=O) groups excluding carboxylic acids is 1. The SMILES string of the molecule is CC(NC(=S)NC1CCCCC1)c1ccc(N2CCOC2=O)cc1. The maximum atomic E-state index is 11.6. The van der Waals surface area contributed by atoms with Crippen molar-refractivity contribution >= 4 is 29.1 Å². The molecule has 24 heavy (non-hydrogen) atoms. The summed E-state index contributed by atoms with van der Waals surface area (Å²) in [6.07, 6.45) is 6.05. The second kappa shape index (κ2) is 7.83. The molecule has 1 heterocycles. The van der Waals surface area contributed by atoms with Crippen LogP contribution in [0, 0.1) is 0 Å². The number of ether oxygens (including phenoxy) is 1. The molecule has 0 aromatic heterocycles. The molecule has 1 aliphatic heterocycles. The van der Waals surface area contributed by atoms with Gasteiger partial charge in [-0.05, 0) is 49.7 Å². The highest BCUT2D eigenvalue weighted by Crippen LogP contribution is 2.22. The summed E-state index contributed by atoms with van der Waals surface area (Å²) in [5.74, 6) is 0. The zero-order chi connectivity index (χ0) is 16.9. The Kier molecular flexibility index (Phi) is 5.56. The molecule has 1 amide bonds. The number of carbonyl (C=O) groups is 1. The van der Waals surface area contributed by atoms with E-state index in [1.165, 1.54) is 32.1 Å². The van der Waals surface area contributed by atoms with Crippen LogP contribution in [-0.2, 0) is 4.74 Å². The zero-order valence-electron chi connectivity index (χ0n) is 14.1. The van der Waals surface area contributed by atoms with Crippen LogP contribution < -0.4 is 15.5 Å². The molecule has 2 N–H and O–H groups in total. The molecule has 2 aliphatic rings. The average Bonchev–Trinajstić information content (AvgIpc) is 3.02. The second-order valence-electron chi connectivity index (χ2n) is 6.53. The van der Waals surface area contributed by atoms with Crippen LogP contribution in [0.1, 0.15) is 50.6 Å². The summed E-state index contributed by atoms with van der Waals surface area (Å²) >= 11 is 5.45. The van der Waals surface area contributed by atoms with Crippen LogP contribution in [0.4, 0.5) is 10.5 Å². The molecular weight excluding hydrogens is 322 g/mol. The van der Waals surface area contributed by atoms with Gasteiger partial charge in [-0.2, -0.15) is 0 Å². The van der Waals surface area contributed by atoms with Gasteiger partial charge in [0.15, 0.2) is 5.11 Å². The van der Waals surface area contributed by atoms with Gasteiger partial charge in [-0.25, -0.2) is 4.79 Å². The monoisotopic (exact) mass is 347 g/mol. The van der Waals surface area contributed by atoms with Crippen LogP contribution in [0.15, 0.2) is 24.3 Å². The standard InChI is InChI=1S/C18H25N3O2S/c1-13(19-17(24)20-15-5-3-2-4-6-15)14-7-9-16(10-8-14)21-11-12-23-18(21)22/h7-10,13,15H,2-6,11-12H2,1H3,(H2,19,20,24). The third-order valence-electron chi connectivity index (χ3n) is 4.75. The van der Waals surface area contributed by atoms with Crippen molar-refractivity contribution in [2.75, 3.05) is 18.1 Å².